The number of pyridine rings is 1. The Morgan fingerprint density at radius 3 is 2.43 bits per heavy atom. The Labute approximate surface area is 212 Å². The van der Waals surface area contributed by atoms with Crippen molar-refractivity contribution in [2.45, 2.75) is 25.3 Å². The van der Waals surface area contributed by atoms with Gasteiger partial charge in [0, 0.05) is 23.3 Å². The van der Waals surface area contributed by atoms with Crippen LogP contribution in [0, 0.1) is 25.2 Å². The van der Waals surface area contributed by atoms with Crippen LogP contribution in [0.5, 0.6) is 5.75 Å². The maximum atomic E-state index is 12.4. The number of aryl methyl sites for hydroxylation is 2. The summed E-state index contributed by atoms with van der Waals surface area (Å²) >= 11 is 2.72. The highest BCUT2D eigenvalue weighted by Gasteiger charge is 2.17. The number of amides is 1. The van der Waals surface area contributed by atoms with Gasteiger partial charge in [-0.1, -0.05) is 41.2 Å². The predicted molar refractivity (Wildman–Crippen MR) is 140 cm³/mol. The van der Waals surface area contributed by atoms with Gasteiger partial charge in [0.1, 0.15) is 21.9 Å². The lowest BCUT2D eigenvalue weighted by Gasteiger charge is -2.13. The summed E-state index contributed by atoms with van der Waals surface area (Å²) in [5.74, 6) is 1.06. The lowest BCUT2D eigenvalue weighted by molar-refractivity contribution is -0.115. The Kier molecular flexibility index (Phi) is 7.75. The minimum absolute atomic E-state index is 0.155. The molecule has 0 spiro atoms. The molecule has 0 fully saturated rings. The molecule has 2 aromatic heterocycles. The van der Waals surface area contributed by atoms with Gasteiger partial charge in [0.15, 0.2) is 0 Å². The van der Waals surface area contributed by atoms with E-state index < -0.39 is 0 Å². The van der Waals surface area contributed by atoms with Crippen molar-refractivity contribution in [3.63, 3.8) is 0 Å². The van der Waals surface area contributed by atoms with E-state index in [-0.39, 0.29) is 12.3 Å². The van der Waals surface area contributed by atoms with E-state index in [4.69, 9.17) is 9.72 Å². The first-order valence-electron chi connectivity index (χ1n) is 10.9. The van der Waals surface area contributed by atoms with E-state index in [1.54, 1.807) is 7.11 Å². The van der Waals surface area contributed by atoms with Crippen molar-refractivity contribution >= 4 is 34.1 Å². The number of nitrogens with one attached hydrogen (secondary N) is 1. The number of benzene rings is 2. The summed E-state index contributed by atoms with van der Waals surface area (Å²) in [7, 11) is 1.63. The minimum Gasteiger partial charge on any atom is -0.497 e. The molecule has 1 N–H and O–H groups in total. The number of nitrogens with zero attached hydrogens (tertiary/aromatic N) is 4. The van der Waals surface area contributed by atoms with Gasteiger partial charge in [-0.2, -0.15) is 5.26 Å². The van der Waals surface area contributed by atoms with E-state index in [1.807, 2.05) is 68.4 Å². The molecule has 0 aliphatic rings. The average molecular weight is 502 g/mol. The Balaban J connectivity index is 1.63. The Bertz CT molecular complexity index is 1380. The first-order chi connectivity index (χ1) is 17.0. The molecule has 4 rings (SSSR count). The van der Waals surface area contributed by atoms with Gasteiger partial charge in [-0.25, -0.2) is 4.98 Å². The number of thioether (sulfide) groups is 1. The molecule has 176 valence electrons. The van der Waals surface area contributed by atoms with Crippen LogP contribution in [0.2, 0.25) is 0 Å². The molecular weight excluding hydrogens is 478 g/mol. The van der Waals surface area contributed by atoms with Crippen LogP contribution in [0.4, 0.5) is 5.13 Å². The summed E-state index contributed by atoms with van der Waals surface area (Å²) in [6, 6.07) is 20.0. The van der Waals surface area contributed by atoms with Crippen molar-refractivity contribution in [1.82, 2.24) is 15.2 Å². The second kappa shape index (κ2) is 11.1. The zero-order valence-electron chi connectivity index (χ0n) is 19.5. The van der Waals surface area contributed by atoms with Gasteiger partial charge in [0.25, 0.3) is 0 Å². The molecule has 35 heavy (non-hydrogen) atoms. The van der Waals surface area contributed by atoms with Gasteiger partial charge in [0.05, 0.1) is 18.4 Å². The van der Waals surface area contributed by atoms with E-state index >= 15 is 0 Å². The number of methoxy groups -OCH3 is 1. The molecule has 1 amide bonds. The number of anilines is 1. The Morgan fingerprint density at radius 2 is 1.80 bits per heavy atom. The molecule has 0 saturated heterocycles. The number of rotatable bonds is 8. The lowest BCUT2D eigenvalue weighted by Crippen LogP contribution is -2.12. The number of carbonyl (C=O) groups is 1. The quantitative estimate of drug-likeness (QED) is 0.301. The van der Waals surface area contributed by atoms with Gasteiger partial charge in [0.2, 0.25) is 11.0 Å². The van der Waals surface area contributed by atoms with Crippen LogP contribution in [0.15, 0.2) is 59.6 Å². The maximum absolute atomic E-state index is 12.4. The van der Waals surface area contributed by atoms with Crippen molar-refractivity contribution < 1.29 is 9.53 Å². The van der Waals surface area contributed by atoms with E-state index in [9.17, 15) is 10.1 Å². The van der Waals surface area contributed by atoms with Gasteiger partial charge in [-0.15, -0.1) is 22.0 Å². The molecule has 7 nitrogen and oxygen atoms in total. The molecule has 0 saturated carbocycles. The maximum Gasteiger partial charge on any atom is 0.227 e. The third-order valence-electron chi connectivity index (χ3n) is 5.19. The molecule has 0 aliphatic heterocycles. The minimum atomic E-state index is -0.155. The first kappa shape index (κ1) is 24.4. The number of ether oxygens (including phenoxy) is 1. The van der Waals surface area contributed by atoms with Crippen LogP contribution in [0.25, 0.3) is 22.4 Å². The highest BCUT2D eigenvalue weighted by atomic mass is 32.2. The van der Waals surface area contributed by atoms with Gasteiger partial charge < -0.3 is 10.1 Å². The molecule has 4 aromatic rings. The highest BCUT2D eigenvalue weighted by Crippen LogP contribution is 2.35. The summed E-state index contributed by atoms with van der Waals surface area (Å²) in [6.07, 6.45) is 0.252. The van der Waals surface area contributed by atoms with Crippen molar-refractivity contribution in [3.05, 3.63) is 70.7 Å². The lowest BCUT2D eigenvalue weighted by atomic mass is 9.98. The molecular formula is C26H23N5O2S2. The summed E-state index contributed by atoms with van der Waals surface area (Å²) in [4.78, 5) is 17.2. The van der Waals surface area contributed by atoms with Crippen LogP contribution in [0.3, 0.4) is 0 Å². The second-order valence-corrected chi connectivity index (χ2v) is 9.98. The SMILES string of the molecule is COc1ccc(-c2cc(-c3ccc(C)cc3)c(C#N)c(SCCC(=O)Nc3nnc(C)s3)n2)cc1. The zero-order valence-corrected chi connectivity index (χ0v) is 21.2. The van der Waals surface area contributed by atoms with Crippen molar-refractivity contribution in [2.24, 2.45) is 0 Å². The third kappa shape index (κ3) is 6.04. The standard InChI is InChI=1S/C26H23N5O2S2/c1-16-4-6-18(7-5-16)21-14-23(19-8-10-20(33-3)11-9-19)28-25(22(21)15-27)34-13-12-24(32)29-26-31-30-17(2)35-26/h4-11,14H,12-13H2,1-3H3,(H,29,31,32). The first-order valence-corrected chi connectivity index (χ1v) is 12.7. The molecule has 0 bridgehead atoms. The fraction of sp³-hybridized carbons (Fsp3) is 0.192. The summed E-state index contributed by atoms with van der Waals surface area (Å²) in [5, 5.41) is 22.5. The normalized spacial score (nSPS) is 10.6. The fourth-order valence-electron chi connectivity index (χ4n) is 3.37. The van der Waals surface area contributed by atoms with E-state index in [1.165, 1.54) is 23.1 Å². The summed E-state index contributed by atoms with van der Waals surface area (Å²) in [6.45, 7) is 3.86. The Hall–Kier alpha value is -3.74. The molecule has 9 heteroatoms. The van der Waals surface area contributed by atoms with Crippen LogP contribution >= 0.6 is 23.1 Å². The van der Waals surface area contributed by atoms with Crippen molar-refractivity contribution in [1.29, 1.82) is 5.26 Å². The van der Waals surface area contributed by atoms with E-state index in [2.05, 4.69) is 21.6 Å². The number of carbonyl (C=O) groups excluding carboxylic acids is 1. The summed E-state index contributed by atoms with van der Waals surface area (Å²) < 4.78 is 5.28. The second-order valence-electron chi connectivity index (χ2n) is 7.71. The van der Waals surface area contributed by atoms with Crippen molar-refractivity contribution in [2.75, 3.05) is 18.2 Å². The molecule has 0 atom stereocenters. The van der Waals surface area contributed by atoms with E-state index in [0.717, 1.165) is 38.7 Å². The van der Waals surface area contributed by atoms with Crippen LogP contribution in [-0.2, 0) is 4.79 Å². The fourth-order valence-corrected chi connectivity index (χ4v) is 4.93. The van der Waals surface area contributed by atoms with Gasteiger partial charge in [-0.3, -0.25) is 4.79 Å². The molecule has 0 radical (unpaired) electrons. The molecule has 0 unspecified atom stereocenters. The number of nitriles is 1. The smallest absolute Gasteiger partial charge is 0.227 e. The average Bonchev–Trinajstić information content (AvgIpc) is 3.28. The number of aromatic nitrogens is 3. The third-order valence-corrected chi connectivity index (χ3v) is 6.92. The van der Waals surface area contributed by atoms with Crippen LogP contribution in [0.1, 0.15) is 22.6 Å². The number of hydrogen-bond acceptors (Lipinski definition) is 8. The van der Waals surface area contributed by atoms with Crippen LogP contribution in [-0.4, -0.2) is 34.0 Å². The van der Waals surface area contributed by atoms with Crippen LogP contribution < -0.4 is 10.1 Å². The van der Waals surface area contributed by atoms with Gasteiger partial charge >= 0.3 is 0 Å². The Morgan fingerprint density at radius 1 is 1.09 bits per heavy atom. The highest BCUT2D eigenvalue weighted by molar-refractivity contribution is 7.99. The topological polar surface area (TPSA) is 101 Å². The predicted octanol–water partition coefficient (Wildman–Crippen LogP) is 5.89. The number of hydrogen-bond donors (Lipinski definition) is 1. The molecule has 2 aromatic carbocycles. The van der Waals surface area contributed by atoms with E-state index in [0.29, 0.717) is 21.5 Å². The molecule has 0 aliphatic carbocycles. The zero-order chi connectivity index (χ0) is 24.8. The largest absolute Gasteiger partial charge is 0.497 e. The monoisotopic (exact) mass is 501 g/mol. The molecule has 2 heterocycles. The van der Waals surface area contributed by atoms with Gasteiger partial charge in [-0.05, 0) is 49.7 Å². The summed E-state index contributed by atoms with van der Waals surface area (Å²) in [5.41, 5.74) is 5.05. The van der Waals surface area contributed by atoms with Crippen molar-refractivity contribution in [3.8, 4) is 34.2 Å².